The second-order valence-corrected chi connectivity index (χ2v) is 8.00. The summed E-state index contributed by atoms with van der Waals surface area (Å²) in [4.78, 5) is 24.6. The van der Waals surface area contributed by atoms with Gasteiger partial charge in [-0.1, -0.05) is 19.8 Å². The highest BCUT2D eigenvalue weighted by atomic mass is 16.6. The van der Waals surface area contributed by atoms with Gasteiger partial charge in [0.1, 0.15) is 17.2 Å². The van der Waals surface area contributed by atoms with Gasteiger partial charge in [-0.05, 0) is 60.8 Å². The second kappa shape index (κ2) is 8.81. The summed E-state index contributed by atoms with van der Waals surface area (Å²) in [7, 11) is 0. The monoisotopic (exact) mass is 340 g/mol. The Morgan fingerprint density at radius 1 is 1.04 bits per heavy atom. The van der Waals surface area contributed by atoms with Crippen molar-refractivity contribution in [1.82, 2.24) is 10.4 Å². The van der Waals surface area contributed by atoms with Crippen molar-refractivity contribution in [1.29, 1.82) is 0 Å². The van der Waals surface area contributed by atoms with Gasteiger partial charge in [0.15, 0.2) is 0 Å². The molecule has 24 heavy (non-hydrogen) atoms. The largest absolute Gasteiger partial charge is 0.443 e. The number of nitrogens with zero attached hydrogens (tertiary/aromatic N) is 1. The second-order valence-electron chi connectivity index (χ2n) is 8.00. The third-order valence-electron chi connectivity index (χ3n) is 2.52. The van der Waals surface area contributed by atoms with Crippen LogP contribution in [0.15, 0.2) is 0 Å². The van der Waals surface area contributed by atoms with Gasteiger partial charge < -0.3 is 9.47 Å². The number of ether oxygens (including phenoxy) is 2. The van der Waals surface area contributed by atoms with Gasteiger partial charge in [0.05, 0.1) is 0 Å². The molecule has 0 saturated carbocycles. The summed E-state index contributed by atoms with van der Waals surface area (Å²) in [6, 6.07) is -0.502. The Bertz CT molecular complexity index is 490. The smallest absolute Gasteiger partial charge is 0.430 e. The average Bonchev–Trinajstić information content (AvgIpc) is 2.30. The minimum atomic E-state index is -0.722. The van der Waals surface area contributed by atoms with E-state index in [1.54, 1.807) is 48.5 Å². The summed E-state index contributed by atoms with van der Waals surface area (Å²) in [6.07, 6.45) is -0.794. The van der Waals surface area contributed by atoms with Crippen LogP contribution >= 0.6 is 0 Å². The maximum Gasteiger partial charge on any atom is 0.430 e. The third-order valence-corrected chi connectivity index (χ3v) is 2.52. The van der Waals surface area contributed by atoms with Crippen LogP contribution in [-0.2, 0) is 9.47 Å². The Morgan fingerprint density at radius 2 is 1.54 bits per heavy atom. The van der Waals surface area contributed by atoms with E-state index in [1.165, 1.54) is 0 Å². The Balaban J connectivity index is 5.42. The lowest BCUT2D eigenvalue weighted by Gasteiger charge is -2.32. The van der Waals surface area contributed by atoms with E-state index in [2.05, 4.69) is 17.3 Å². The van der Waals surface area contributed by atoms with Crippen molar-refractivity contribution in [3.63, 3.8) is 0 Å². The molecule has 1 unspecified atom stereocenters. The fourth-order valence-corrected chi connectivity index (χ4v) is 1.80. The van der Waals surface area contributed by atoms with E-state index < -0.39 is 29.4 Å². The first-order valence-electron chi connectivity index (χ1n) is 8.19. The number of carbonyl (C=O) groups is 2. The standard InChI is InChI=1S/C18H32N2O4/c1-10-11-14(12-13(2)3)20(16(22)24-18(7,8)9)19-15(21)23-17(4,5)6/h13-14H,12H2,1-9H3,(H,19,21). The van der Waals surface area contributed by atoms with Gasteiger partial charge in [0, 0.05) is 0 Å². The van der Waals surface area contributed by atoms with Crippen LogP contribution in [0.1, 0.15) is 68.7 Å². The van der Waals surface area contributed by atoms with Crippen LogP contribution in [0, 0.1) is 17.8 Å². The number of hydrogen-bond donors (Lipinski definition) is 1. The molecule has 0 aromatic heterocycles. The van der Waals surface area contributed by atoms with E-state index in [1.807, 2.05) is 13.8 Å². The van der Waals surface area contributed by atoms with Crippen LogP contribution in [-0.4, -0.2) is 34.4 Å². The van der Waals surface area contributed by atoms with Gasteiger partial charge in [0.2, 0.25) is 0 Å². The fraction of sp³-hybridized carbons (Fsp3) is 0.778. The Kier molecular flexibility index (Phi) is 8.12. The molecule has 0 rings (SSSR count). The zero-order valence-corrected chi connectivity index (χ0v) is 16.4. The highest BCUT2D eigenvalue weighted by molar-refractivity contribution is 5.75. The Hall–Kier alpha value is -1.90. The molecule has 0 heterocycles. The first-order valence-corrected chi connectivity index (χ1v) is 8.19. The van der Waals surface area contributed by atoms with Gasteiger partial charge in [-0.3, -0.25) is 0 Å². The maximum absolute atomic E-state index is 12.5. The van der Waals surface area contributed by atoms with Crippen molar-refractivity contribution in [2.24, 2.45) is 5.92 Å². The SMILES string of the molecule is CC#CC(CC(C)C)N(NC(=O)OC(C)(C)C)C(=O)OC(C)(C)C. The molecule has 0 aromatic rings. The van der Waals surface area contributed by atoms with Gasteiger partial charge in [-0.15, -0.1) is 5.92 Å². The highest BCUT2D eigenvalue weighted by Crippen LogP contribution is 2.16. The molecular formula is C18H32N2O4. The summed E-state index contributed by atoms with van der Waals surface area (Å²) in [5.74, 6) is 6.03. The van der Waals surface area contributed by atoms with Crippen molar-refractivity contribution >= 4 is 12.2 Å². The zero-order chi connectivity index (χ0) is 19.1. The molecule has 1 atom stereocenters. The normalized spacial score (nSPS) is 12.8. The topological polar surface area (TPSA) is 67.9 Å². The molecule has 138 valence electrons. The molecule has 0 aliphatic rings. The first kappa shape index (κ1) is 22.1. The molecule has 0 fully saturated rings. The van der Waals surface area contributed by atoms with E-state index in [4.69, 9.17) is 9.47 Å². The van der Waals surface area contributed by atoms with Gasteiger partial charge in [-0.2, -0.15) is 0 Å². The van der Waals surface area contributed by atoms with Crippen LogP contribution in [0.2, 0.25) is 0 Å². The van der Waals surface area contributed by atoms with Crippen molar-refractivity contribution in [2.45, 2.75) is 86.0 Å². The van der Waals surface area contributed by atoms with Crippen molar-refractivity contribution < 1.29 is 19.1 Å². The van der Waals surface area contributed by atoms with E-state index in [0.29, 0.717) is 6.42 Å². The van der Waals surface area contributed by atoms with E-state index in [-0.39, 0.29) is 5.92 Å². The molecule has 6 nitrogen and oxygen atoms in total. The molecule has 0 aliphatic carbocycles. The summed E-state index contributed by atoms with van der Waals surface area (Å²) in [6.45, 7) is 16.3. The lowest BCUT2D eigenvalue weighted by Crippen LogP contribution is -2.54. The van der Waals surface area contributed by atoms with Crippen LogP contribution in [0.3, 0.4) is 0 Å². The number of nitrogens with one attached hydrogen (secondary N) is 1. The van der Waals surface area contributed by atoms with Gasteiger partial charge in [-0.25, -0.2) is 20.0 Å². The Morgan fingerprint density at radius 3 is 1.92 bits per heavy atom. The molecule has 0 spiro atoms. The molecule has 2 amide bonds. The summed E-state index contributed by atoms with van der Waals surface area (Å²) in [5, 5.41) is 1.12. The molecule has 0 bridgehead atoms. The molecule has 0 radical (unpaired) electrons. The maximum atomic E-state index is 12.5. The van der Waals surface area contributed by atoms with Crippen molar-refractivity contribution in [3.8, 4) is 11.8 Å². The van der Waals surface area contributed by atoms with Crippen molar-refractivity contribution in [3.05, 3.63) is 0 Å². The number of hydrogen-bond acceptors (Lipinski definition) is 4. The summed E-state index contributed by atoms with van der Waals surface area (Å²) >= 11 is 0. The molecule has 6 heteroatoms. The summed E-state index contributed by atoms with van der Waals surface area (Å²) in [5.41, 5.74) is 1.12. The van der Waals surface area contributed by atoms with E-state index >= 15 is 0 Å². The lowest BCUT2D eigenvalue weighted by atomic mass is 10.0. The number of carbonyl (C=O) groups excluding carboxylic acids is 2. The van der Waals surface area contributed by atoms with Gasteiger partial charge in [0.25, 0.3) is 0 Å². The van der Waals surface area contributed by atoms with Crippen LogP contribution in [0.4, 0.5) is 9.59 Å². The van der Waals surface area contributed by atoms with E-state index in [9.17, 15) is 9.59 Å². The predicted octanol–water partition coefficient (Wildman–Crippen LogP) is 4.10. The average molecular weight is 340 g/mol. The number of amides is 2. The minimum Gasteiger partial charge on any atom is -0.443 e. The zero-order valence-electron chi connectivity index (χ0n) is 16.4. The van der Waals surface area contributed by atoms with Crippen LogP contribution in [0.5, 0.6) is 0 Å². The predicted molar refractivity (Wildman–Crippen MR) is 94.1 cm³/mol. The molecule has 0 aromatic carbocycles. The van der Waals surface area contributed by atoms with E-state index in [0.717, 1.165) is 5.01 Å². The number of hydrazine groups is 1. The Labute approximate surface area is 146 Å². The molecule has 0 saturated heterocycles. The molecular weight excluding hydrogens is 308 g/mol. The van der Waals surface area contributed by atoms with Gasteiger partial charge >= 0.3 is 12.2 Å². The van der Waals surface area contributed by atoms with Crippen LogP contribution < -0.4 is 5.43 Å². The minimum absolute atomic E-state index is 0.279. The quantitative estimate of drug-likeness (QED) is 0.620. The first-order chi connectivity index (χ1) is 10.7. The fourth-order valence-electron chi connectivity index (χ4n) is 1.80. The lowest BCUT2D eigenvalue weighted by molar-refractivity contribution is -0.00569. The highest BCUT2D eigenvalue weighted by Gasteiger charge is 2.31. The number of rotatable bonds is 3. The van der Waals surface area contributed by atoms with Crippen molar-refractivity contribution in [2.75, 3.05) is 0 Å². The molecule has 0 aliphatic heterocycles. The third kappa shape index (κ3) is 9.98. The molecule has 1 N–H and O–H groups in total. The van der Waals surface area contributed by atoms with Crippen LogP contribution in [0.25, 0.3) is 0 Å². The summed E-state index contributed by atoms with van der Waals surface area (Å²) < 4.78 is 10.6.